The second kappa shape index (κ2) is 1.61. The molecule has 0 aromatic heterocycles. The molecule has 1 spiro atoms. The van der Waals surface area contributed by atoms with Crippen LogP contribution in [0, 0.1) is 5.41 Å². The number of fused-ring (bicyclic) bond motifs is 2. The maximum absolute atomic E-state index is 11.5. The predicted molar refractivity (Wildman–Crippen MR) is 40.0 cm³/mol. The van der Waals surface area contributed by atoms with Gasteiger partial charge in [0.1, 0.15) is 0 Å². The Labute approximate surface area is 65.7 Å². The van der Waals surface area contributed by atoms with Gasteiger partial charge in [-0.1, -0.05) is 0 Å². The van der Waals surface area contributed by atoms with E-state index in [0.29, 0.717) is 11.3 Å². The Morgan fingerprint density at radius 2 is 2.18 bits per heavy atom. The molecular formula is C8H12N2O. The number of nitrogens with one attached hydrogen (secondary N) is 1. The fraction of sp³-hybridized carbons (Fsp3) is 0.875. The van der Waals surface area contributed by atoms with Crippen molar-refractivity contribution < 1.29 is 4.79 Å². The van der Waals surface area contributed by atoms with E-state index in [1.165, 1.54) is 12.8 Å². The molecule has 1 N–H and O–H groups in total. The molecular weight excluding hydrogens is 140 g/mol. The van der Waals surface area contributed by atoms with Crippen LogP contribution in [0.25, 0.3) is 0 Å². The Kier molecular flexibility index (Phi) is 0.876. The molecule has 0 saturated carbocycles. The zero-order valence-electron chi connectivity index (χ0n) is 6.47. The Bertz CT molecular complexity index is 218. The summed E-state index contributed by atoms with van der Waals surface area (Å²) in [4.78, 5) is 13.5. The van der Waals surface area contributed by atoms with Crippen LogP contribution in [0.5, 0.6) is 0 Å². The highest BCUT2D eigenvalue weighted by Gasteiger charge is 2.57. The molecule has 3 heteroatoms. The zero-order chi connectivity index (χ0) is 7.47. The molecule has 4 fully saturated rings. The molecule has 0 aliphatic carbocycles. The molecule has 1 unspecified atom stereocenters. The summed E-state index contributed by atoms with van der Waals surface area (Å²) in [6.45, 7) is 3.10. The van der Waals surface area contributed by atoms with Crippen LogP contribution in [0.4, 0.5) is 0 Å². The van der Waals surface area contributed by atoms with Gasteiger partial charge in [-0.3, -0.25) is 4.79 Å². The monoisotopic (exact) mass is 152 g/mol. The summed E-state index contributed by atoms with van der Waals surface area (Å²) in [7, 11) is 0. The molecule has 1 atom stereocenters. The van der Waals surface area contributed by atoms with Gasteiger partial charge in [0.15, 0.2) is 0 Å². The smallest absolute Gasteiger partial charge is 0.240 e. The van der Waals surface area contributed by atoms with Crippen LogP contribution in [-0.4, -0.2) is 36.5 Å². The van der Waals surface area contributed by atoms with Crippen LogP contribution in [0.15, 0.2) is 0 Å². The quantitative estimate of drug-likeness (QED) is 0.511. The first kappa shape index (κ1) is 6.00. The average Bonchev–Trinajstić information content (AvgIpc) is 2.00. The fourth-order valence-corrected chi connectivity index (χ4v) is 2.66. The van der Waals surface area contributed by atoms with E-state index in [1.807, 2.05) is 4.90 Å². The van der Waals surface area contributed by atoms with Gasteiger partial charge in [0, 0.05) is 25.0 Å². The summed E-state index contributed by atoms with van der Waals surface area (Å²) < 4.78 is 0. The number of carbonyl (C=O) groups is 1. The van der Waals surface area contributed by atoms with Gasteiger partial charge in [-0.15, -0.1) is 0 Å². The number of carbonyl (C=O) groups excluding carboxylic acids is 1. The van der Waals surface area contributed by atoms with Gasteiger partial charge < -0.3 is 10.2 Å². The second-order valence-corrected chi connectivity index (χ2v) is 4.00. The first-order chi connectivity index (χ1) is 5.32. The Hall–Kier alpha value is -0.570. The van der Waals surface area contributed by atoms with Gasteiger partial charge in [0.25, 0.3) is 0 Å². The molecule has 11 heavy (non-hydrogen) atoms. The number of piperidine rings is 3. The highest BCUT2D eigenvalue weighted by Crippen LogP contribution is 2.45. The molecule has 1 amide bonds. The molecule has 2 bridgehead atoms. The van der Waals surface area contributed by atoms with Gasteiger partial charge in [-0.25, -0.2) is 0 Å². The third kappa shape index (κ3) is 0.527. The van der Waals surface area contributed by atoms with E-state index in [2.05, 4.69) is 5.32 Å². The van der Waals surface area contributed by atoms with Crippen molar-refractivity contribution in [2.75, 3.05) is 19.6 Å². The third-order valence-electron chi connectivity index (χ3n) is 3.59. The maximum Gasteiger partial charge on any atom is 0.240 e. The number of hydrogen-bond acceptors (Lipinski definition) is 2. The zero-order valence-corrected chi connectivity index (χ0v) is 6.47. The largest absolute Gasteiger partial charge is 0.341 e. The molecule has 0 aromatic carbocycles. The normalized spacial score (nSPS) is 47.1. The molecule has 4 saturated heterocycles. The predicted octanol–water partition coefficient (Wildman–Crippen LogP) is -0.419. The van der Waals surface area contributed by atoms with Crippen molar-refractivity contribution in [2.24, 2.45) is 5.41 Å². The van der Waals surface area contributed by atoms with Crippen molar-refractivity contribution in [1.82, 2.24) is 10.2 Å². The van der Waals surface area contributed by atoms with Crippen molar-refractivity contribution in [1.29, 1.82) is 0 Å². The number of nitrogens with zero attached hydrogens (tertiary/aromatic N) is 1. The summed E-state index contributed by atoms with van der Waals surface area (Å²) in [5.74, 6) is 0.355. The van der Waals surface area contributed by atoms with Crippen LogP contribution >= 0.6 is 0 Å². The number of rotatable bonds is 0. The van der Waals surface area contributed by atoms with Crippen LogP contribution in [0.3, 0.4) is 0 Å². The fourth-order valence-electron chi connectivity index (χ4n) is 2.66. The van der Waals surface area contributed by atoms with Gasteiger partial charge in [0.05, 0.1) is 6.04 Å². The second-order valence-electron chi connectivity index (χ2n) is 4.00. The van der Waals surface area contributed by atoms with Gasteiger partial charge in [-0.2, -0.15) is 0 Å². The van der Waals surface area contributed by atoms with Crippen LogP contribution in [-0.2, 0) is 4.79 Å². The lowest BCUT2D eigenvalue weighted by atomic mass is 9.63. The standard InChI is InChI=1S/C8H12N2O/c11-7-6-8(5-9-6)1-3-10(7)4-2-8/h6,9H,1-5H2. The van der Waals surface area contributed by atoms with Gasteiger partial charge in [-0.05, 0) is 12.8 Å². The Balaban J connectivity index is 2.01. The van der Waals surface area contributed by atoms with E-state index in [4.69, 9.17) is 0 Å². The maximum atomic E-state index is 11.5. The van der Waals surface area contributed by atoms with Crippen molar-refractivity contribution in [3.63, 3.8) is 0 Å². The van der Waals surface area contributed by atoms with E-state index >= 15 is 0 Å². The molecule has 60 valence electrons. The summed E-state index contributed by atoms with van der Waals surface area (Å²) in [6.07, 6.45) is 2.47. The Morgan fingerprint density at radius 3 is 2.55 bits per heavy atom. The first-order valence-corrected chi connectivity index (χ1v) is 4.34. The van der Waals surface area contributed by atoms with E-state index in [9.17, 15) is 4.79 Å². The molecule has 0 radical (unpaired) electrons. The third-order valence-corrected chi connectivity index (χ3v) is 3.59. The highest BCUT2D eigenvalue weighted by molar-refractivity contribution is 5.86. The minimum Gasteiger partial charge on any atom is -0.341 e. The minimum atomic E-state index is 0.199. The van der Waals surface area contributed by atoms with Gasteiger partial charge >= 0.3 is 0 Å². The summed E-state index contributed by atoms with van der Waals surface area (Å²) in [5, 5.41) is 3.23. The topological polar surface area (TPSA) is 32.3 Å². The number of amides is 1. The lowest BCUT2D eigenvalue weighted by molar-refractivity contribution is -0.159. The highest BCUT2D eigenvalue weighted by atomic mass is 16.2. The summed E-state index contributed by atoms with van der Waals surface area (Å²) in [5.41, 5.74) is 0.395. The van der Waals surface area contributed by atoms with Crippen molar-refractivity contribution in [3.05, 3.63) is 0 Å². The van der Waals surface area contributed by atoms with E-state index in [-0.39, 0.29) is 6.04 Å². The summed E-state index contributed by atoms with van der Waals surface area (Å²) >= 11 is 0. The SMILES string of the molecule is O=C1C2NCC23CCN1CC3. The van der Waals surface area contributed by atoms with E-state index in [0.717, 1.165) is 19.6 Å². The van der Waals surface area contributed by atoms with Gasteiger partial charge in [0.2, 0.25) is 5.91 Å². The molecule has 4 aliphatic heterocycles. The van der Waals surface area contributed by atoms with Crippen molar-refractivity contribution >= 4 is 5.91 Å². The van der Waals surface area contributed by atoms with E-state index in [1.54, 1.807) is 0 Å². The lowest BCUT2D eigenvalue weighted by Gasteiger charge is -2.59. The Morgan fingerprint density at radius 1 is 1.45 bits per heavy atom. The van der Waals surface area contributed by atoms with Crippen molar-refractivity contribution in [3.8, 4) is 0 Å². The summed E-state index contributed by atoms with van der Waals surface area (Å²) in [6, 6.07) is 0.199. The molecule has 4 heterocycles. The van der Waals surface area contributed by atoms with Crippen LogP contribution < -0.4 is 5.32 Å². The van der Waals surface area contributed by atoms with Crippen molar-refractivity contribution in [2.45, 2.75) is 18.9 Å². The minimum absolute atomic E-state index is 0.199. The molecule has 4 rings (SSSR count). The van der Waals surface area contributed by atoms with Crippen LogP contribution in [0.2, 0.25) is 0 Å². The first-order valence-electron chi connectivity index (χ1n) is 4.34. The molecule has 3 nitrogen and oxygen atoms in total. The number of hydrogen-bond donors (Lipinski definition) is 1. The molecule has 4 aliphatic rings. The molecule has 0 aromatic rings. The lowest BCUT2D eigenvalue weighted by Crippen LogP contribution is -2.76. The van der Waals surface area contributed by atoms with E-state index < -0.39 is 0 Å². The van der Waals surface area contributed by atoms with Crippen LogP contribution in [0.1, 0.15) is 12.8 Å². The average molecular weight is 152 g/mol.